The lowest BCUT2D eigenvalue weighted by Crippen LogP contribution is -2.28. The van der Waals surface area contributed by atoms with Gasteiger partial charge in [-0.05, 0) is 54.2 Å². The molecule has 0 spiro atoms. The van der Waals surface area contributed by atoms with Gasteiger partial charge >= 0.3 is 0 Å². The van der Waals surface area contributed by atoms with Crippen LogP contribution in [0.25, 0.3) is 11.1 Å². The van der Waals surface area contributed by atoms with Gasteiger partial charge in [-0.2, -0.15) is 0 Å². The van der Waals surface area contributed by atoms with Crippen molar-refractivity contribution in [3.8, 4) is 11.1 Å². The fourth-order valence-electron chi connectivity index (χ4n) is 3.47. The molecular formula is C25H26N2O3S. The van der Waals surface area contributed by atoms with E-state index in [1.807, 2.05) is 49.4 Å². The Balaban J connectivity index is 1.49. The first kappa shape index (κ1) is 21.3. The summed E-state index contributed by atoms with van der Waals surface area (Å²) in [4.78, 5) is 14.8. The molecule has 0 saturated heterocycles. The minimum atomic E-state index is -3.61. The average molecular weight is 435 g/mol. The molecule has 0 unspecified atom stereocenters. The van der Waals surface area contributed by atoms with Crippen molar-refractivity contribution in [2.24, 2.45) is 0 Å². The monoisotopic (exact) mass is 434 g/mol. The first-order valence-corrected chi connectivity index (χ1v) is 11.8. The second-order valence-electron chi connectivity index (χ2n) is 8.10. The van der Waals surface area contributed by atoms with Gasteiger partial charge in [0.25, 0.3) is 5.91 Å². The quantitative estimate of drug-likeness (QED) is 0.600. The molecule has 1 N–H and O–H groups in total. The van der Waals surface area contributed by atoms with Gasteiger partial charge < -0.3 is 4.90 Å². The SMILES string of the molecule is Cc1ccc(S(=O)(=O)NC2CC2)cc1C(=O)N(C)Cc1ccc(-c2ccccc2)cc1. The molecule has 5 nitrogen and oxygen atoms in total. The molecule has 0 atom stereocenters. The van der Waals surface area contributed by atoms with E-state index in [1.165, 1.54) is 6.07 Å². The number of hydrogen-bond acceptors (Lipinski definition) is 3. The number of benzene rings is 3. The lowest BCUT2D eigenvalue weighted by Gasteiger charge is -2.19. The number of nitrogens with one attached hydrogen (secondary N) is 1. The summed E-state index contributed by atoms with van der Waals surface area (Å²) in [5.41, 5.74) is 4.43. The average Bonchev–Trinajstić information content (AvgIpc) is 3.58. The summed E-state index contributed by atoms with van der Waals surface area (Å²) in [6.45, 7) is 2.26. The zero-order chi connectivity index (χ0) is 22.0. The second kappa shape index (κ2) is 8.65. The third-order valence-electron chi connectivity index (χ3n) is 5.48. The highest BCUT2D eigenvalue weighted by atomic mass is 32.2. The summed E-state index contributed by atoms with van der Waals surface area (Å²) in [6.07, 6.45) is 1.73. The fourth-order valence-corrected chi connectivity index (χ4v) is 4.80. The lowest BCUT2D eigenvalue weighted by molar-refractivity contribution is 0.0784. The van der Waals surface area contributed by atoms with Crippen molar-refractivity contribution in [3.05, 3.63) is 89.5 Å². The van der Waals surface area contributed by atoms with Gasteiger partial charge in [0.1, 0.15) is 0 Å². The molecular weight excluding hydrogens is 408 g/mol. The van der Waals surface area contributed by atoms with E-state index >= 15 is 0 Å². The molecule has 3 aromatic carbocycles. The van der Waals surface area contributed by atoms with E-state index in [9.17, 15) is 13.2 Å². The Morgan fingerprint density at radius 3 is 2.26 bits per heavy atom. The summed E-state index contributed by atoms with van der Waals surface area (Å²) in [6, 6.07) is 23.0. The normalized spacial score (nSPS) is 13.7. The van der Waals surface area contributed by atoms with Crippen molar-refractivity contribution in [1.82, 2.24) is 9.62 Å². The molecule has 0 heterocycles. The lowest BCUT2D eigenvalue weighted by atomic mass is 10.0. The first-order chi connectivity index (χ1) is 14.8. The van der Waals surface area contributed by atoms with Gasteiger partial charge in [-0.15, -0.1) is 0 Å². The molecule has 6 heteroatoms. The van der Waals surface area contributed by atoms with Crippen LogP contribution in [0.3, 0.4) is 0 Å². The molecule has 0 radical (unpaired) electrons. The van der Waals surface area contributed by atoms with Gasteiger partial charge in [0, 0.05) is 25.2 Å². The topological polar surface area (TPSA) is 66.5 Å². The van der Waals surface area contributed by atoms with E-state index in [0.29, 0.717) is 12.1 Å². The molecule has 160 valence electrons. The number of aryl methyl sites for hydroxylation is 1. The Labute approximate surface area is 183 Å². The van der Waals surface area contributed by atoms with Gasteiger partial charge in [-0.25, -0.2) is 13.1 Å². The minimum absolute atomic E-state index is 0.0204. The highest BCUT2D eigenvalue weighted by Crippen LogP contribution is 2.24. The smallest absolute Gasteiger partial charge is 0.254 e. The largest absolute Gasteiger partial charge is 0.337 e. The van der Waals surface area contributed by atoms with Crippen LogP contribution in [0.15, 0.2) is 77.7 Å². The number of rotatable bonds is 7. The minimum Gasteiger partial charge on any atom is -0.337 e. The Hall–Kier alpha value is -2.96. The van der Waals surface area contributed by atoms with Gasteiger partial charge in [0.2, 0.25) is 10.0 Å². The molecule has 1 aliphatic carbocycles. The van der Waals surface area contributed by atoms with E-state index < -0.39 is 10.0 Å². The number of sulfonamides is 1. The number of carbonyl (C=O) groups excluding carboxylic acids is 1. The molecule has 0 aliphatic heterocycles. The number of hydrogen-bond donors (Lipinski definition) is 1. The molecule has 31 heavy (non-hydrogen) atoms. The van der Waals surface area contributed by atoms with E-state index in [4.69, 9.17) is 0 Å². The van der Waals surface area contributed by atoms with E-state index in [1.54, 1.807) is 24.1 Å². The third kappa shape index (κ3) is 5.03. The molecule has 1 saturated carbocycles. The van der Waals surface area contributed by atoms with Crippen molar-refractivity contribution in [3.63, 3.8) is 0 Å². The van der Waals surface area contributed by atoms with Crippen LogP contribution in [0.2, 0.25) is 0 Å². The zero-order valence-corrected chi connectivity index (χ0v) is 18.5. The van der Waals surface area contributed by atoms with Crippen molar-refractivity contribution < 1.29 is 13.2 Å². The Kier molecular flexibility index (Phi) is 5.94. The van der Waals surface area contributed by atoms with E-state index in [2.05, 4.69) is 16.9 Å². The fraction of sp³-hybridized carbons (Fsp3) is 0.240. The summed E-state index contributed by atoms with van der Waals surface area (Å²) in [5, 5.41) is 0. The maximum atomic E-state index is 13.1. The molecule has 0 bridgehead atoms. The van der Waals surface area contributed by atoms with Gasteiger partial charge in [-0.1, -0.05) is 60.7 Å². The van der Waals surface area contributed by atoms with Crippen molar-refractivity contribution in [1.29, 1.82) is 0 Å². The van der Waals surface area contributed by atoms with E-state index in [0.717, 1.165) is 35.1 Å². The summed E-state index contributed by atoms with van der Waals surface area (Å²) < 4.78 is 27.8. The Bertz CT molecular complexity index is 1190. The second-order valence-corrected chi connectivity index (χ2v) is 9.81. The highest BCUT2D eigenvalue weighted by Gasteiger charge is 2.28. The molecule has 1 amide bonds. The van der Waals surface area contributed by atoms with Crippen molar-refractivity contribution in [2.45, 2.75) is 37.2 Å². The van der Waals surface area contributed by atoms with Gasteiger partial charge in [-0.3, -0.25) is 4.79 Å². The molecule has 4 rings (SSSR count). The summed E-state index contributed by atoms with van der Waals surface area (Å²) in [5.74, 6) is -0.201. The van der Waals surface area contributed by atoms with Crippen LogP contribution in [0.4, 0.5) is 0 Å². The predicted octanol–water partition coefficient (Wildman–Crippen LogP) is 4.37. The van der Waals surface area contributed by atoms with E-state index in [-0.39, 0.29) is 16.8 Å². The predicted molar refractivity (Wildman–Crippen MR) is 122 cm³/mol. The maximum absolute atomic E-state index is 13.1. The maximum Gasteiger partial charge on any atom is 0.254 e. The van der Waals surface area contributed by atoms with Gasteiger partial charge in [0.15, 0.2) is 0 Å². The zero-order valence-electron chi connectivity index (χ0n) is 17.7. The number of nitrogens with zero attached hydrogens (tertiary/aromatic N) is 1. The molecule has 0 aromatic heterocycles. The molecule has 3 aromatic rings. The standard InChI is InChI=1S/C25H26N2O3S/c1-18-8-15-23(31(29,30)26-22-13-14-22)16-24(18)25(28)27(2)17-19-9-11-21(12-10-19)20-6-4-3-5-7-20/h3-12,15-16,22,26H,13-14,17H2,1-2H3. The van der Waals surface area contributed by atoms with Crippen LogP contribution in [-0.2, 0) is 16.6 Å². The summed E-state index contributed by atoms with van der Waals surface area (Å²) >= 11 is 0. The highest BCUT2D eigenvalue weighted by molar-refractivity contribution is 7.89. The van der Waals surface area contributed by atoms with Crippen LogP contribution in [0.1, 0.15) is 34.3 Å². The Morgan fingerprint density at radius 2 is 1.61 bits per heavy atom. The van der Waals surface area contributed by atoms with Gasteiger partial charge in [0.05, 0.1) is 4.90 Å². The Morgan fingerprint density at radius 1 is 0.968 bits per heavy atom. The van der Waals surface area contributed by atoms with Crippen LogP contribution in [-0.4, -0.2) is 32.3 Å². The molecule has 1 aliphatic rings. The molecule has 1 fully saturated rings. The number of amides is 1. The number of carbonyl (C=O) groups is 1. The third-order valence-corrected chi connectivity index (χ3v) is 6.99. The van der Waals surface area contributed by atoms with Crippen LogP contribution in [0, 0.1) is 6.92 Å². The van der Waals surface area contributed by atoms with Crippen LogP contribution in [0.5, 0.6) is 0 Å². The van der Waals surface area contributed by atoms with Crippen LogP contribution >= 0.6 is 0 Å². The van der Waals surface area contributed by atoms with Crippen molar-refractivity contribution >= 4 is 15.9 Å². The van der Waals surface area contributed by atoms with Crippen LogP contribution < -0.4 is 4.72 Å². The first-order valence-electron chi connectivity index (χ1n) is 10.4. The summed E-state index contributed by atoms with van der Waals surface area (Å²) in [7, 11) is -1.87. The van der Waals surface area contributed by atoms with Crippen molar-refractivity contribution in [2.75, 3.05) is 7.05 Å².